The summed E-state index contributed by atoms with van der Waals surface area (Å²) in [5, 5.41) is 5.55. The minimum atomic E-state index is -0.332. The van der Waals surface area contributed by atoms with Gasteiger partial charge in [-0.2, -0.15) is 0 Å². The fourth-order valence-electron chi connectivity index (χ4n) is 2.05. The maximum atomic E-state index is 12.3. The minimum absolute atomic E-state index is 0.0425. The van der Waals surface area contributed by atoms with Crippen LogP contribution in [0.3, 0.4) is 0 Å². The van der Waals surface area contributed by atoms with Gasteiger partial charge in [-0.05, 0) is 24.4 Å². The Bertz CT molecular complexity index is 769. The summed E-state index contributed by atoms with van der Waals surface area (Å²) in [4.78, 5) is 26.8. The van der Waals surface area contributed by atoms with Crippen LogP contribution in [0, 0.1) is 0 Å². The van der Waals surface area contributed by atoms with Gasteiger partial charge in [0.05, 0.1) is 28.2 Å². The lowest BCUT2D eigenvalue weighted by Crippen LogP contribution is -2.42. The summed E-state index contributed by atoms with van der Waals surface area (Å²) in [7, 11) is 0. The number of nitrogens with zero attached hydrogens (tertiary/aromatic N) is 1. The van der Waals surface area contributed by atoms with Gasteiger partial charge in [0.1, 0.15) is 5.75 Å². The molecule has 5 nitrogen and oxygen atoms in total. The van der Waals surface area contributed by atoms with Gasteiger partial charge in [0.25, 0.3) is 5.91 Å². The first-order chi connectivity index (χ1) is 12.4. The number of hydrogen-bond acceptors (Lipinski definition) is 4. The van der Waals surface area contributed by atoms with Crippen LogP contribution in [0.2, 0.25) is 15.1 Å². The third-order valence-corrected chi connectivity index (χ3v) is 5.33. The summed E-state index contributed by atoms with van der Waals surface area (Å²) in [5.74, 6) is -0.310. The van der Waals surface area contributed by atoms with Gasteiger partial charge in [0, 0.05) is 17.5 Å². The summed E-state index contributed by atoms with van der Waals surface area (Å²) in [6.45, 7) is 2.31. The van der Waals surface area contributed by atoms with Gasteiger partial charge in [0.15, 0.2) is 6.61 Å². The quantitative estimate of drug-likeness (QED) is 0.631. The van der Waals surface area contributed by atoms with Crippen LogP contribution in [0.15, 0.2) is 29.6 Å². The number of carbonyl (C=O) groups is 2. The molecule has 0 saturated heterocycles. The van der Waals surface area contributed by atoms with Crippen molar-refractivity contribution in [2.24, 2.45) is 0 Å². The molecule has 2 amide bonds. The Morgan fingerprint density at radius 1 is 1.19 bits per heavy atom. The number of ether oxygens (including phenoxy) is 1. The Morgan fingerprint density at radius 3 is 2.58 bits per heavy atom. The number of hydrogen-bond donors (Lipinski definition) is 1. The first-order valence-electron chi connectivity index (χ1n) is 7.75. The van der Waals surface area contributed by atoms with Crippen LogP contribution < -0.4 is 10.1 Å². The van der Waals surface area contributed by atoms with E-state index in [0.717, 1.165) is 4.88 Å². The van der Waals surface area contributed by atoms with Gasteiger partial charge in [-0.25, -0.2) is 0 Å². The Hall–Kier alpha value is -1.47. The van der Waals surface area contributed by atoms with Crippen molar-refractivity contribution in [3.8, 4) is 5.75 Å². The van der Waals surface area contributed by atoms with Crippen LogP contribution in [0.4, 0.5) is 0 Å². The van der Waals surface area contributed by atoms with E-state index in [2.05, 4.69) is 5.32 Å². The molecule has 2 aromatic rings. The fourth-order valence-corrected chi connectivity index (χ4v) is 3.29. The molecule has 1 aromatic heterocycles. The molecular weight excluding hydrogens is 419 g/mol. The van der Waals surface area contributed by atoms with Crippen molar-refractivity contribution in [2.75, 3.05) is 19.7 Å². The molecule has 0 unspecified atom stereocenters. The van der Waals surface area contributed by atoms with E-state index in [9.17, 15) is 9.59 Å². The van der Waals surface area contributed by atoms with Crippen molar-refractivity contribution < 1.29 is 14.3 Å². The number of likely N-dealkylation sites (N-methyl/N-ethyl adjacent to an activating group) is 1. The zero-order valence-corrected chi connectivity index (χ0v) is 17.0. The lowest BCUT2D eigenvalue weighted by atomic mass is 10.3. The highest BCUT2D eigenvalue weighted by Crippen LogP contribution is 2.33. The van der Waals surface area contributed by atoms with Gasteiger partial charge in [-0.3, -0.25) is 9.59 Å². The number of thiophene rings is 1. The van der Waals surface area contributed by atoms with Gasteiger partial charge < -0.3 is 15.0 Å². The molecule has 1 N–H and O–H groups in total. The second kappa shape index (κ2) is 10.0. The van der Waals surface area contributed by atoms with Gasteiger partial charge in [-0.1, -0.05) is 40.9 Å². The van der Waals surface area contributed by atoms with Crippen LogP contribution in [0.1, 0.15) is 11.8 Å². The number of amides is 2. The number of benzene rings is 1. The van der Waals surface area contributed by atoms with Crippen molar-refractivity contribution >= 4 is 58.0 Å². The average Bonchev–Trinajstić information content (AvgIpc) is 3.13. The standard InChI is InChI=1S/C17H17Cl3N2O3S/c1-2-22(9-16(23)21-8-11-4-3-5-26-11)17(24)10-25-15-7-13(19)12(18)6-14(15)20/h3-7H,2,8-10H2,1H3,(H,21,23). The predicted molar refractivity (Wildman–Crippen MR) is 105 cm³/mol. The van der Waals surface area contributed by atoms with E-state index in [1.807, 2.05) is 17.5 Å². The molecule has 0 saturated carbocycles. The zero-order chi connectivity index (χ0) is 19.1. The maximum absolute atomic E-state index is 12.3. The van der Waals surface area contributed by atoms with Gasteiger partial charge in [-0.15, -0.1) is 11.3 Å². The SMILES string of the molecule is CCN(CC(=O)NCc1cccs1)C(=O)COc1cc(Cl)c(Cl)cc1Cl. The van der Waals surface area contributed by atoms with Crippen molar-refractivity contribution in [2.45, 2.75) is 13.5 Å². The molecule has 0 bridgehead atoms. The van der Waals surface area contributed by atoms with Gasteiger partial charge in [0.2, 0.25) is 5.91 Å². The first-order valence-corrected chi connectivity index (χ1v) is 9.76. The molecular formula is C17H17Cl3N2O3S. The van der Waals surface area contributed by atoms with Gasteiger partial charge >= 0.3 is 0 Å². The predicted octanol–water partition coefficient (Wildman–Crippen LogP) is 4.25. The Morgan fingerprint density at radius 2 is 1.92 bits per heavy atom. The molecule has 140 valence electrons. The second-order valence-corrected chi connectivity index (χ2v) is 7.50. The summed E-state index contributed by atoms with van der Waals surface area (Å²) >= 11 is 19.3. The molecule has 26 heavy (non-hydrogen) atoms. The molecule has 0 aliphatic rings. The van der Waals surface area contributed by atoms with Crippen molar-refractivity contribution in [3.05, 3.63) is 49.6 Å². The van der Waals surface area contributed by atoms with Crippen LogP contribution in [-0.4, -0.2) is 36.4 Å². The van der Waals surface area contributed by atoms with Crippen LogP contribution in [-0.2, 0) is 16.1 Å². The van der Waals surface area contributed by atoms with Crippen LogP contribution in [0.25, 0.3) is 0 Å². The molecule has 0 aliphatic heterocycles. The molecule has 2 rings (SSSR count). The van der Waals surface area contributed by atoms with Crippen molar-refractivity contribution in [1.82, 2.24) is 10.2 Å². The Kier molecular flexibility index (Phi) is 8.03. The zero-order valence-electron chi connectivity index (χ0n) is 13.9. The molecule has 0 spiro atoms. The smallest absolute Gasteiger partial charge is 0.260 e. The highest BCUT2D eigenvalue weighted by Gasteiger charge is 2.17. The Labute approximate surface area is 170 Å². The van der Waals surface area contributed by atoms with Crippen LogP contribution >= 0.6 is 46.1 Å². The molecule has 1 aromatic carbocycles. The number of rotatable bonds is 8. The summed E-state index contributed by atoms with van der Waals surface area (Å²) < 4.78 is 5.42. The Balaban J connectivity index is 1.85. The van der Waals surface area contributed by atoms with E-state index in [0.29, 0.717) is 18.1 Å². The third-order valence-electron chi connectivity index (χ3n) is 3.43. The summed E-state index contributed by atoms with van der Waals surface area (Å²) in [6.07, 6.45) is 0. The topological polar surface area (TPSA) is 58.6 Å². The monoisotopic (exact) mass is 434 g/mol. The summed E-state index contributed by atoms with van der Waals surface area (Å²) in [5.41, 5.74) is 0. The van der Waals surface area contributed by atoms with E-state index in [1.54, 1.807) is 18.3 Å². The van der Waals surface area contributed by atoms with E-state index in [4.69, 9.17) is 39.5 Å². The molecule has 0 fully saturated rings. The van der Waals surface area contributed by atoms with Crippen molar-refractivity contribution in [1.29, 1.82) is 0 Å². The van der Waals surface area contributed by atoms with E-state index in [-0.39, 0.29) is 40.8 Å². The first kappa shape index (κ1) is 20.8. The normalized spacial score (nSPS) is 10.5. The van der Waals surface area contributed by atoms with Crippen molar-refractivity contribution in [3.63, 3.8) is 0 Å². The van der Waals surface area contributed by atoms with E-state index in [1.165, 1.54) is 17.0 Å². The molecule has 0 aliphatic carbocycles. The number of nitrogens with one attached hydrogen (secondary N) is 1. The van der Waals surface area contributed by atoms with E-state index >= 15 is 0 Å². The largest absolute Gasteiger partial charge is 0.482 e. The number of halogens is 3. The lowest BCUT2D eigenvalue weighted by molar-refractivity contribution is -0.137. The lowest BCUT2D eigenvalue weighted by Gasteiger charge is -2.20. The third kappa shape index (κ3) is 6.06. The second-order valence-electron chi connectivity index (χ2n) is 5.25. The minimum Gasteiger partial charge on any atom is -0.482 e. The number of carbonyl (C=O) groups excluding carboxylic acids is 2. The molecule has 0 atom stereocenters. The fraction of sp³-hybridized carbons (Fsp3) is 0.294. The summed E-state index contributed by atoms with van der Waals surface area (Å²) in [6, 6.07) is 6.74. The maximum Gasteiger partial charge on any atom is 0.260 e. The van der Waals surface area contributed by atoms with E-state index < -0.39 is 0 Å². The molecule has 1 heterocycles. The van der Waals surface area contributed by atoms with Crippen LogP contribution in [0.5, 0.6) is 5.75 Å². The average molecular weight is 436 g/mol. The highest BCUT2D eigenvalue weighted by molar-refractivity contribution is 7.09. The molecule has 9 heteroatoms. The highest BCUT2D eigenvalue weighted by atomic mass is 35.5. The molecule has 0 radical (unpaired) electrons.